The van der Waals surface area contributed by atoms with Gasteiger partial charge in [-0.3, -0.25) is 4.79 Å². The van der Waals surface area contributed by atoms with Gasteiger partial charge in [-0.15, -0.1) is 0 Å². The number of hydrogen-bond acceptors (Lipinski definition) is 4. The Balaban J connectivity index is 1.78. The number of nitrogens with zero attached hydrogens (tertiary/aromatic N) is 1. The molecule has 2 saturated heterocycles. The Morgan fingerprint density at radius 3 is 3.04 bits per heavy atom. The molecule has 0 spiro atoms. The fourth-order valence-electron chi connectivity index (χ4n) is 3.96. The van der Waals surface area contributed by atoms with Crippen LogP contribution < -0.4 is 4.74 Å². The van der Waals surface area contributed by atoms with Crippen LogP contribution in [0, 0.1) is 11.2 Å². The Bertz CT molecular complexity index is 623. The average Bonchev–Trinajstić information content (AvgIpc) is 2.65. The van der Waals surface area contributed by atoms with Crippen molar-refractivity contribution in [1.29, 1.82) is 0 Å². The second kappa shape index (κ2) is 7.70. The zero-order valence-corrected chi connectivity index (χ0v) is 14.9. The number of benzene rings is 1. The molecule has 0 aliphatic carbocycles. The number of fused-ring (bicyclic) bond motifs is 1. The number of ether oxygens (including phenoxy) is 3. The molecule has 0 aromatic heterocycles. The number of hydrogen-bond donors (Lipinski definition) is 0. The number of methoxy groups -OCH3 is 1. The molecular weight excluding hydrogens is 325 g/mol. The molecule has 6 heteroatoms. The van der Waals surface area contributed by atoms with Gasteiger partial charge in [-0.25, -0.2) is 4.39 Å². The van der Waals surface area contributed by atoms with E-state index in [2.05, 4.69) is 0 Å². The third kappa shape index (κ3) is 3.65. The summed E-state index contributed by atoms with van der Waals surface area (Å²) in [7, 11) is 1.41. The Morgan fingerprint density at radius 2 is 2.32 bits per heavy atom. The predicted molar refractivity (Wildman–Crippen MR) is 91.4 cm³/mol. The van der Waals surface area contributed by atoms with Gasteiger partial charge in [0.2, 0.25) is 0 Å². The molecule has 1 aromatic carbocycles. The molecular formula is C19H26FNO4. The zero-order valence-electron chi connectivity index (χ0n) is 14.9. The van der Waals surface area contributed by atoms with Crippen molar-refractivity contribution in [2.75, 3.05) is 40.0 Å². The lowest BCUT2D eigenvalue weighted by Crippen LogP contribution is -2.58. The van der Waals surface area contributed by atoms with E-state index in [1.807, 2.05) is 11.8 Å². The summed E-state index contributed by atoms with van der Waals surface area (Å²) in [5.74, 6) is -0.529. The Morgan fingerprint density at radius 1 is 1.48 bits per heavy atom. The molecule has 2 heterocycles. The molecule has 2 atom stereocenters. The maximum absolute atomic E-state index is 14.0. The highest BCUT2D eigenvalue weighted by molar-refractivity contribution is 5.94. The summed E-state index contributed by atoms with van der Waals surface area (Å²) in [6.45, 7) is 5.19. The summed E-state index contributed by atoms with van der Waals surface area (Å²) in [4.78, 5) is 14.7. The van der Waals surface area contributed by atoms with E-state index in [-0.39, 0.29) is 23.2 Å². The van der Waals surface area contributed by atoms with Gasteiger partial charge in [0, 0.05) is 37.3 Å². The summed E-state index contributed by atoms with van der Waals surface area (Å²) in [6.07, 6.45) is 2.88. The molecule has 2 aliphatic rings. The molecule has 0 radical (unpaired) electrons. The van der Waals surface area contributed by atoms with Gasteiger partial charge >= 0.3 is 0 Å². The fourth-order valence-corrected chi connectivity index (χ4v) is 3.96. The summed E-state index contributed by atoms with van der Waals surface area (Å²) < 4.78 is 30.6. The second-order valence-corrected chi connectivity index (χ2v) is 6.83. The Kier molecular flexibility index (Phi) is 5.59. The molecule has 1 amide bonds. The van der Waals surface area contributed by atoms with Crippen molar-refractivity contribution >= 4 is 5.91 Å². The van der Waals surface area contributed by atoms with Crippen molar-refractivity contribution in [3.63, 3.8) is 0 Å². The molecule has 0 bridgehead atoms. The quantitative estimate of drug-likeness (QED) is 0.818. The van der Waals surface area contributed by atoms with E-state index in [1.54, 1.807) is 6.07 Å². The molecule has 1 aromatic rings. The van der Waals surface area contributed by atoms with Crippen LogP contribution in [-0.2, 0) is 9.47 Å². The maximum atomic E-state index is 14.0. The zero-order chi connectivity index (χ0) is 17.9. The van der Waals surface area contributed by atoms with Crippen molar-refractivity contribution in [3.05, 3.63) is 29.6 Å². The van der Waals surface area contributed by atoms with E-state index in [0.717, 1.165) is 25.9 Å². The molecule has 0 unspecified atom stereocenters. The van der Waals surface area contributed by atoms with E-state index in [9.17, 15) is 9.18 Å². The van der Waals surface area contributed by atoms with E-state index in [1.165, 1.54) is 19.2 Å². The van der Waals surface area contributed by atoms with Crippen molar-refractivity contribution < 1.29 is 23.4 Å². The van der Waals surface area contributed by atoms with Gasteiger partial charge in [0.1, 0.15) is 0 Å². The van der Waals surface area contributed by atoms with Crippen molar-refractivity contribution in [1.82, 2.24) is 4.90 Å². The Labute approximate surface area is 148 Å². The molecule has 0 N–H and O–H groups in total. The normalized spacial score (nSPS) is 26.2. The average molecular weight is 351 g/mol. The third-order valence-electron chi connectivity index (χ3n) is 5.27. The van der Waals surface area contributed by atoms with Gasteiger partial charge < -0.3 is 19.1 Å². The van der Waals surface area contributed by atoms with Gasteiger partial charge in [-0.1, -0.05) is 0 Å². The van der Waals surface area contributed by atoms with E-state index in [4.69, 9.17) is 14.2 Å². The van der Waals surface area contributed by atoms with Crippen LogP contribution in [0.5, 0.6) is 5.75 Å². The first kappa shape index (κ1) is 18.1. The van der Waals surface area contributed by atoms with E-state index in [0.29, 0.717) is 31.9 Å². The van der Waals surface area contributed by atoms with Crippen LogP contribution in [0.15, 0.2) is 18.2 Å². The lowest BCUT2D eigenvalue weighted by Gasteiger charge is -2.50. The minimum Gasteiger partial charge on any atom is -0.494 e. The first-order valence-corrected chi connectivity index (χ1v) is 8.92. The van der Waals surface area contributed by atoms with Crippen LogP contribution in [0.25, 0.3) is 0 Å². The van der Waals surface area contributed by atoms with Crippen molar-refractivity contribution in [3.8, 4) is 5.75 Å². The molecule has 25 heavy (non-hydrogen) atoms. The third-order valence-corrected chi connectivity index (χ3v) is 5.27. The van der Waals surface area contributed by atoms with Crippen LogP contribution in [0.3, 0.4) is 0 Å². The molecule has 0 saturated carbocycles. The largest absolute Gasteiger partial charge is 0.494 e. The maximum Gasteiger partial charge on any atom is 0.253 e. The Hall–Kier alpha value is -1.66. The van der Waals surface area contributed by atoms with E-state index >= 15 is 0 Å². The number of piperidine rings is 1. The van der Waals surface area contributed by atoms with Gasteiger partial charge in [0.15, 0.2) is 11.6 Å². The van der Waals surface area contributed by atoms with Crippen LogP contribution in [0.1, 0.15) is 36.5 Å². The lowest BCUT2D eigenvalue weighted by molar-refractivity contribution is -0.146. The monoisotopic (exact) mass is 351 g/mol. The molecule has 5 nitrogen and oxygen atoms in total. The number of amides is 1. The first-order valence-electron chi connectivity index (χ1n) is 8.92. The van der Waals surface area contributed by atoms with Gasteiger partial charge in [-0.05, 0) is 44.4 Å². The second-order valence-electron chi connectivity index (χ2n) is 6.83. The highest BCUT2D eigenvalue weighted by Crippen LogP contribution is 2.40. The number of carbonyl (C=O) groups excluding carboxylic acids is 1. The predicted octanol–water partition coefficient (Wildman–Crippen LogP) is 2.88. The minimum atomic E-state index is -0.520. The molecule has 2 aliphatic heterocycles. The molecule has 138 valence electrons. The lowest BCUT2D eigenvalue weighted by atomic mass is 9.73. The van der Waals surface area contributed by atoms with Gasteiger partial charge in [-0.2, -0.15) is 0 Å². The summed E-state index contributed by atoms with van der Waals surface area (Å²) in [5.41, 5.74) is 0.188. The SMILES string of the molecule is CCOC[C@@]12CCCO[C@H]1CCN(C(=O)c1ccc(OC)c(F)c1)C2. The number of carbonyl (C=O) groups is 1. The number of halogens is 1. The fraction of sp³-hybridized carbons (Fsp3) is 0.632. The topological polar surface area (TPSA) is 48.0 Å². The van der Waals surface area contributed by atoms with Gasteiger partial charge in [0.05, 0.1) is 19.8 Å². The van der Waals surface area contributed by atoms with Crippen molar-refractivity contribution in [2.24, 2.45) is 5.41 Å². The summed E-state index contributed by atoms with van der Waals surface area (Å²) >= 11 is 0. The smallest absolute Gasteiger partial charge is 0.253 e. The number of rotatable bonds is 5. The van der Waals surface area contributed by atoms with Crippen LogP contribution in [0.4, 0.5) is 4.39 Å². The molecule has 2 fully saturated rings. The highest BCUT2D eigenvalue weighted by Gasteiger charge is 2.47. The summed E-state index contributed by atoms with van der Waals surface area (Å²) in [5, 5.41) is 0. The number of likely N-dealkylation sites (tertiary alicyclic amines) is 1. The van der Waals surface area contributed by atoms with Crippen LogP contribution in [0.2, 0.25) is 0 Å². The van der Waals surface area contributed by atoms with E-state index < -0.39 is 5.82 Å². The van der Waals surface area contributed by atoms with Crippen LogP contribution >= 0.6 is 0 Å². The first-order chi connectivity index (χ1) is 12.1. The minimum absolute atomic E-state index is 0.129. The van der Waals surface area contributed by atoms with Crippen molar-refractivity contribution in [2.45, 2.75) is 32.3 Å². The molecule has 3 rings (SSSR count). The van der Waals surface area contributed by atoms with Gasteiger partial charge in [0.25, 0.3) is 5.91 Å². The summed E-state index contributed by atoms with van der Waals surface area (Å²) in [6, 6.07) is 4.36. The van der Waals surface area contributed by atoms with Crippen LogP contribution in [-0.4, -0.2) is 56.9 Å². The standard InChI is InChI=1S/C19H26FNO4/c1-3-24-13-19-8-4-10-25-17(19)7-9-21(12-19)18(22)14-5-6-16(23-2)15(20)11-14/h5-6,11,17H,3-4,7-10,12-13H2,1-2H3/t17-,19-/m0/s1. The highest BCUT2D eigenvalue weighted by atomic mass is 19.1.